The van der Waals surface area contributed by atoms with Gasteiger partial charge in [0.2, 0.25) is 0 Å². The van der Waals surface area contributed by atoms with Crippen molar-refractivity contribution >= 4 is 11.7 Å². The van der Waals surface area contributed by atoms with Gasteiger partial charge in [-0.3, -0.25) is 9.59 Å². The molecule has 0 fully saturated rings. The number of hydrogen-bond acceptors (Lipinski definition) is 4. The molecule has 3 aromatic rings. The third kappa shape index (κ3) is 4.64. The molecule has 0 heterocycles. The number of aliphatic hydroxyl groups is 1. The fraction of sp³-hybridized carbons (Fsp3) is 0.0909. The van der Waals surface area contributed by atoms with Crippen molar-refractivity contribution in [2.75, 3.05) is 6.54 Å². The Morgan fingerprint density at radius 1 is 0.862 bits per heavy atom. The highest BCUT2D eigenvalue weighted by Gasteiger charge is 2.19. The molecule has 3 N–H and O–H groups in total. The molecule has 29 heavy (non-hydrogen) atoms. The molecule has 0 saturated carbocycles. The maximum atomic E-state index is 13.7. The van der Waals surface area contributed by atoms with Crippen LogP contribution in [0.4, 0.5) is 8.78 Å². The van der Waals surface area contributed by atoms with Crippen LogP contribution in [0.15, 0.2) is 66.7 Å². The van der Waals surface area contributed by atoms with E-state index in [0.717, 1.165) is 12.1 Å². The molecule has 0 radical (unpaired) electrons. The van der Waals surface area contributed by atoms with Crippen LogP contribution in [-0.4, -0.2) is 28.4 Å². The first-order valence-electron chi connectivity index (χ1n) is 8.71. The second-order valence-corrected chi connectivity index (χ2v) is 6.32. The zero-order valence-electron chi connectivity index (χ0n) is 15.1. The molecule has 0 saturated heterocycles. The van der Waals surface area contributed by atoms with Crippen LogP contribution in [0, 0.1) is 11.6 Å². The Morgan fingerprint density at radius 3 is 2.07 bits per heavy atom. The fourth-order valence-electron chi connectivity index (χ4n) is 2.81. The largest absolute Gasteiger partial charge is 0.508 e. The number of hydrogen-bond donors (Lipinski definition) is 3. The van der Waals surface area contributed by atoms with E-state index in [1.807, 2.05) is 0 Å². The summed E-state index contributed by atoms with van der Waals surface area (Å²) in [6, 6.07) is 14.9. The Hall–Kier alpha value is -3.58. The Bertz CT molecular complexity index is 1030. The molecule has 0 aromatic heterocycles. The number of nitrogens with one attached hydrogen (secondary N) is 1. The number of rotatable bonds is 6. The summed E-state index contributed by atoms with van der Waals surface area (Å²) in [7, 11) is 0. The van der Waals surface area contributed by atoms with Crippen molar-refractivity contribution in [3.63, 3.8) is 0 Å². The molecule has 0 spiro atoms. The topological polar surface area (TPSA) is 86.6 Å². The van der Waals surface area contributed by atoms with Gasteiger partial charge in [-0.15, -0.1) is 0 Å². The Balaban J connectivity index is 1.65. The van der Waals surface area contributed by atoms with E-state index in [4.69, 9.17) is 0 Å². The van der Waals surface area contributed by atoms with Gasteiger partial charge in [-0.2, -0.15) is 0 Å². The van der Waals surface area contributed by atoms with Crippen LogP contribution in [-0.2, 0) is 0 Å². The molecule has 3 aromatic carbocycles. The maximum Gasteiger partial charge on any atom is 0.251 e. The summed E-state index contributed by atoms with van der Waals surface area (Å²) in [6.07, 6.45) is -1.55. The number of amides is 1. The zero-order valence-corrected chi connectivity index (χ0v) is 15.1. The van der Waals surface area contributed by atoms with Crippen molar-refractivity contribution in [2.24, 2.45) is 0 Å². The molecule has 0 bridgehead atoms. The Morgan fingerprint density at radius 2 is 1.45 bits per heavy atom. The fourth-order valence-corrected chi connectivity index (χ4v) is 2.81. The molecule has 148 valence electrons. The summed E-state index contributed by atoms with van der Waals surface area (Å²) in [5.41, 5.74) is 0.316. The minimum Gasteiger partial charge on any atom is -0.508 e. The molecule has 1 atom stereocenters. The van der Waals surface area contributed by atoms with Crippen molar-refractivity contribution in [2.45, 2.75) is 6.10 Å². The van der Waals surface area contributed by atoms with Crippen molar-refractivity contribution in [1.29, 1.82) is 0 Å². The second kappa shape index (κ2) is 8.62. The molecule has 0 aliphatic heterocycles. The summed E-state index contributed by atoms with van der Waals surface area (Å²) >= 11 is 0. The molecule has 0 aliphatic rings. The van der Waals surface area contributed by atoms with E-state index in [1.54, 1.807) is 12.1 Å². The molecule has 1 unspecified atom stereocenters. The van der Waals surface area contributed by atoms with Gasteiger partial charge >= 0.3 is 0 Å². The lowest BCUT2D eigenvalue weighted by Crippen LogP contribution is -2.29. The lowest BCUT2D eigenvalue weighted by molar-refractivity contribution is 0.0910. The lowest BCUT2D eigenvalue weighted by atomic mass is 10.0. The van der Waals surface area contributed by atoms with Gasteiger partial charge in [-0.25, -0.2) is 8.78 Å². The SMILES string of the molecule is O=C(NCC(O)c1c(F)cccc1F)c1ccc(C(=O)c2cccc(O)c2)cc1. The van der Waals surface area contributed by atoms with Gasteiger partial charge in [0.15, 0.2) is 5.78 Å². The number of benzene rings is 3. The van der Waals surface area contributed by atoms with Gasteiger partial charge in [0.05, 0.1) is 5.56 Å². The zero-order chi connectivity index (χ0) is 21.0. The van der Waals surface area contributed by atoms with Crippen molar-refractivity contribution < 1.29 is 28.6 Å². The Kier molecular flexibility index (Phi) is 5.99. The van der Waals surface area contributed by atoms with Gasteiger partial charge in [0, 0.05) is 23.2 Å². The minimum atomic E-state index is -1.55. The van der Waals surface area contributed by atoms with E-state index in [2.05, 4.69) is 5.32 Å². The van der Waals surface area contributed by atoms with E-state index in [0.29, 0.717) is 11.1 Å². The van der Waals surface area contributed by atoms with Crippen LogP contribution in [0.1, 0.15) is 37.9 Å². The molecule has 7 heteroatoms. The molecular formula is C22H17F2NO4. The number of aromatic hydroxyl groups is 1. The van der Waals surface area contributed by atoms with Gasteiger partial charge < -0.3 is 15.5 Å². The summed E-state index contributed by atoms with van der Waals surface area (Å²) in [5, 5.41) is 21.9. The van der Waals surface area contributed by atoms with E-state index >= 15 is 0 Å². The summed E-state index contributed by atoms with van der Waals surface area (Å²) < 4.78 is 27.3. The number of carbonyl (C=O) groups is 2. The van der Waals surface area contributed by atoms with Gasteiger partial charge in [-0.1, -0.05) is 30.3 Å². The second-order valence-electron chi connectivity index (χ2n) is 6.32. The number of phenolic OH excluding ortho intramolecular Hbond substituents is 1. The predicted octanol–water partition coefficient (Wildman–Crippen LogP) is 3.36. The van der Waals surface area contributed by atoms with Crippen LogP contribution < -0.4 is 5.32 Å². The van der Waals surface area contributed by atoms with E-state index in [1.165, 1.54) is 42.5 Å². The molecular weight excluding hydrogens is 380 g/mol. The minimum absolute atomic E-state index is 0.0308. The number of carbonyl (C=O) groups excluding carboxylic acids is 2. The quantitative estimate of drug-likeness (QED) is 0.557. The van der Waals surface area contributed by atoms with E-state index in [9.17, 15) is 28.6 Å². The van der Waals surface area contributed by atoms with Crippen molar-refractivity contribution in [3.05, 3.63) is 101 Å². The molecule has 1 amide bonds. The first-order valence-corrected chi connectivity index (χ1v) is 8.71. The van der Waals surface area contributed by atoms with Gasteiger partial charge in [0.25, 0.3) is 5.91 Å². The third-order valence-electron chi connectivity index (χ3n) is 4.31. The van der Waals surface area contributed by atoms with Crippen molar-refractivity contribution in [3.8, 4) is 5.75 Å². The summed E-state index contributed by atoms with van der Waals surface area (Å²) in [5.74, 6) is -2.73. The molecule has 5 nitrogen and oxygen atoms in total. The molecule has 0 aliphatic carbocycles. The van der Waals surface area contributed by atoms with Crippen molar-refractivity contribution in [1.82, 2.24) is 5.32 Å². The summed E-state index contributed by atoms with van der Waals surface area (Å²) in [6.45, 7) is -0.388. The Labute approximate surface area is 165 Å². The van der Waals surface area contributed by atoms with Gasteiger partial charge in [-0.05, 0) is 36.4 Å². The van der Waals surface area contributed by atoms with E-state index < -0.39 is 29.2 Å². The van der Waals surface area contributed by atoms with Crippen LogP contribution in [0.25, 0.3) is 0 Å². The van der Waals surface area contributed by atoms with Crippen LogP contribution >= 0.6 is 0 Å². The monoisotopic (exact) mass is 397 g/mol. The van der Waals surface area contributed by atoms with Crippen LogP contribution in [0.5, 0.6) is 5.75 Å². The van der Waals surface area contributed by atoms with Crippen LogP contribution in [0.3, 0.4) is 0 Å². The molecule has 3 rings (SSSR count). The highest BCUT2D eigenvalue weighted by Crippen LogP contribution is 2.20. The lowest BCUT2D eigenvalue weighted by Gasteiger charge is -2.14. The average Bonchev–Trinajstić information content (AvgIpc) is 2.71. The van der Waals surface area contributed by atoms with Crippen LogP contribution in [0.2, 0.25) is 0 Å². The first kappa shape index (κ1) is 20.2. The standard InChI is InChI=1S/C22H17F2NO4/c23-17-5-2-6-18(24)20(17)19(27)12-25-22(29)14-9-7-13(8-10-14)21(28)15-3-1-4-16(26)11-15/h1-11,19,26-27H,12H2,(H,25,29). The normalized spacial score (nSPS) is 11.7. The number of phenols is 1. The smallest absolute Gasteiger partial charge is 0.251 e. The summed E-state index contributed by atoms with van der Waals surface area (Å²) in [4.78, 5) is 24.6. The third-order valence-corrected chi connectivity index (χ3v) is 4.31. The predicted molar refractivity (Wildman–Crippen MR) is 102 cm³/mol. The maximum absolute atomic E-state index is 13.7. The highest BCUT2D eigenvalue weighted by molar-refractivity contribution is 6.09. The first-order chi connectivity index (χ1) is 13.9. The number of halogens is 2. The number of ketones is 1. The highest BCUT2D eigenvalue weighted by atomic mass is 19.1. The van der Waals surface area contributed by atoms with E-state index in [-0.39, 0.29) is 23.6 Å². The van der Waals surface area contributed by atoms with Gasteiger partial charge in [0.1, 0.15) is 23.5 Å². The number of aliphatic hydroxyl groups excluding tert-OH is 1. The average molecular weight is 397 g/mol.